The summed E-state index contributed by atoms with van der Waals surface area (Å²) in [5.41, 5.74) is 2.17. The van der Waals surface area contributed by atoms with Crippen molar-refractivity contribution in [2.45, 2.75) is 6.10 Å². The van der Waals surface area contributed by atoms with E-state index in [1.54, 1.807) is 7.11 Å². The zero-order chi connectivity index (χ0) is 16.1. The fraction of sp³-hybridized carbons (Fsp3) is 0.368. The number of aliphatic hydroxyl groups is 1. The van der Waals surface area contributed by atoms with Gasteiger partial charge in [0, 0.05) is 0 Å². The highest BCUT2D eigenvalue weighted by Gasteiger charge is 2.24. The maximum Gasteiger partial charge on any atom is 0.142 e. The van der Waals surface area contributed by atoms with E-state index >= 15 is 0 Å². The van der Waals surface area contributed by atoms with E-state index in [1.165, 1.54) is 4.90 Å². The van der Waals surface area contributed by atoms with Crippen molar-refractivity contribution in [2.24, 2.45) is 0 Å². The Morgan fingerprint density at radius 1 is 1.04 bits per heavy atom. The van der Waals surface area contributed by atoms with Crippen LogP contribution in [-0.4, -0.2) is 44.9 Å². The second-order valence-corrected chi connectivity index (χ2v) is 6.04. The fourth-order valence-corrected chi connectivity index (χ4v) is 3.23. The van der Waals surface area contributed by atoms with E-state index in [4.69, 9.17) is 4.74 Å². The summed E-state index contributed by atoms with van der Waals surface area (Å²) in [5.74, 6) is 0.931. The minimum Gasteiger partial charge on any atom is -0.495 e. The van der Waals surface area contributed by atoms with Crippen LogP contribution in [0.4, 0.5) is 5.69 Å². The number of rotatable bonds is 5. The summed E-state index contributed by atoms with van der Waals surface area (Å²) in [7, 11) is 1.72. The molecule has 1 aliphatic heterocycles. The van der Waals surface area contributed by atoms with Crippen molar-refractivity contribution in [3.63, 3.8) is 0 Å². The van der Waals surface area contributed by atoms with E-state index in [9.17, 15) is 5.11 Å². The lowest BCUT2D eigenvalue weighted by molar-refractivity contribution is -0.904. The van der Waals surface area contributed by atoms with Crippen molar-refractivity contribution in [3.05, 3.63) is 60.2 Å². The Kier molecular flexibility index (Phi) is 5.16. The highest BCUT2D eigenvalue weighted by molar-refractivity contribution is 5.58. The van der Waals surface area contributed by atoms with Gasteiger partial charge in [-0.25, -0.2) is 0 Å². The number of nitrogens with zero attached hydrogens (tertiary/aromatic N) is 1. The van der Waals surface area contributed by atoms with Gasteiger partial charge in [0.2, 0.25) is 0 Å². The number of nitrogens with one attached hydrogen (secondary N) is 1. The zero-order valence-electron chi connectivity index (χ0n) is 13.6. The van der Waals surface area contributed by atoms with Crippen LogP contribution in [0.3, 0.4) is 0 Å². The van der Waals surface area contributed by atoms with Crippen LogP contribution >= 0.6 is 0 Å². The molecule has 122 valence electrons. The van der Waals surface area contributed by atoms with Crippen LogP contribution < -0.4 is 14.5 Å². The molecule has 1 atom stereocenters. The summed E-state index contributed by atoms with van der Waals surface area (Å²) in [5, 5.41) is 10.4. The molecule has 0 bridgehead atoms. The number of hydrogen-bond donors (Lipinski definition) is 2. The second kappa shape index (κ2) is 7.49. The zero-order valence-corrected chi connectivity index (χ0v) is 13.6. The summed E-state index contributed by atoms with van der Waals surface area (Å²) < 4.78 is 5.46. The van der Waals surface area contributed by atoms with E-state index in [0.29, 0.717) is 0 Å². The van der Waals surface area contributed by atoms with Gasteiger partial charge in [-0.2, -0.15) is 0 Å². The van der Waals surface area contributed by atoms with Crippen LogP contribution in [0.2, 0.25) is 0 Å². The van der Waals surface area contributed by atoms with E-state index < -0.39 is 0 Å². The minimum absolute atomic E-state index is 0.385. The molecule has 3 rings (SSSR count). The van der Waals surface area contributed by atoms with Gasteiger partial charge in [-0.3, -0.25) is 0 Å². The molecule has 1 saturated heterocycles. The molecular formula is C19H25N2O2+. The summed E-state index contributed by atoms with van der Waals surface area (Å²) in [6, 6.07) is 18.1. The molecule has 0 radical (unpaired) electrons. The predicted molar refractivity (Wildman–Crippen MR) is 92.2 cm³/mol. The number of piperazine rings is 1. The monoisotopic (exact) mass is 313 g/mol. The van der Waals surface area contributed by atoms with Gasteiger partial charge in [-0.05, 0) is 17.7 Å². The maximum absolute atomic E-state index is 10.4. The van der Waals surface area contributed by atoms with Gasteiger partial charge in [0.15, 0.2) is 0 Å². The predicted octanol–water partition coefficient (Wildman–Crippen LogP) is 1.13. The van der Waals surface area contributed by atoms with Gasteiger partial charge in [0.1, 0.15) is 18.4 Å². The standard InChI is InChI=1S/C19H24N2O2/c1-23-19-10-6-5-9-17(19)21-13-11-20(12-14-21)15-18(22)16-7-3-2-4-8-16/h2-10,18,22H,11-15H2,1H3/p+1/t18-/m0/s1. The van der Waals surface area contributed by atoms with Crippen molar-refractivity contribution >= 4 is 5.69 Å². The highest BCUT2D eigenvalue weighted by atomic mass is 16.5. The largest absolute Gasteiger partial charge is 0.495 e. The number of quaternary nitrogens is 1. The van der Waals surface area contributed by atoms with Crippen LogP contribution in [0.1, 0.15) is 11.7 Å². The topological polar surface area (TPSA) is 37.1 Å². The molecule has 0 saturated carbocycles. The van der Waals surface area contributed by atoms with Crippen molar-refractivity contribution in [2.75, 3.05) is 44.7 Å². The van der Waals surface area contributed by atoms with Crippen LogP contribution in [0.15, 0.2) is 54.6 Å². The highest BCUT2D eigenvalue weighted by Crippen LogP contribution is 2.27. The third-order valence-corrected chi connectivity index (χ3v) is 4.56. The smallest absolute Gasteiger partial charge is 0.142 e. The Morgan fingerprint density at radius 2 is 1.70 bits per heavy atom. The number of para-hydroxylation sites is 2. The molecule has 0 aromatic heterocycles. The Morgan fingerprint density at radius 3 is 2.39 bits per heavy atom. The van der Waals surface area contributed by atoms with Crippen LogP contribution in [0.5, 0.6) is 5.75 Å². The maximum atomic E-state index is 10.4. The Bertz CT molecular complexity index is 610. The van der Waals surface area contributed by atoms with Crippen molar-refractivity contribution in [1.82, 2.24) is 0 Å². The molecule has 0 unspecified atom stereocenters. The second-order valence-electron chi connectivity index (χ2n) is 6.04. The number of anilines is 1. The molecule has 2 aromatic rings. The van der Waals surface area contributed by atoms with Crippen molar-refractivity contribution < 1.29 is 14.7 Å². The molecule has 1 aliphatic rings. The lowest BCUT2D eigenvalue weighted by atomic mass is 10.1. The molecule has 4 heteroatoms. The molecule has 2 N–H and O–H groups in total. The summed E-state index contributed by atoms with van der Waals surface area (Å²) in [6.45, 7) is 4.79. The van der Waals surface area contributed by atoms with Gasteiger partial charge in [0.05, 0.1) is 39.0 Å². The minimum atomic E-state index is -0.385. The molecule has 2 aromatic carbocycles. The van der Waals surface area contributed by atoms with E-state index in [-0.39, 0.29) is 6.10 Å². The van der Waals surface area contributed by atoms with Crippen LogP contribution in [0.25, 0.3) is 0 Å². The molecule has 0 spiro atoms. The number of methoxy groups -OCH3 is 1. The first-order valence-corrected chi connectivity index (χ1v) is 8.22. The van der Waals surface area contributed by atoms with Crippen molar-refractivity contribution in [3.8, 4) is 5.75 Å². The fourth-order valence-electron chi connectivity index (χ4n) is 3.23. The average molecular weight is 313 g/mol. The average Bonchev–Trinajstić information content (AvgIpc) is 2.63. The normalized spacial score (nSPS) is 17.0. The summed E-state index contributed by atoms with van der Waals surface area (Å²) in [4.78, 5) is 3.82. The van der Waals surface area contributed by atoms with Gasteiger partial charge in [-0.1, -0.05) is 42.5 Å². The van der Waals surface area contributed by atoms with Crippen LogP contribution in [-0.2, 0) is 0 Å². The molecular weight excluding hydrogens is 288 g/mol. The third kappa shape index (κ3) is 3.84. The van der Waals surface area contributed by atoms with E-state index in [2.05, 4.69) is 17.0 Å². The summed E-state index contributed by atoms with van der Waals surface area (Å²) in [6.07, 6.45) is -0.385. The molecule has 23 heavy (non-hydrogen) atoms. The molecule has 1 fully saturated rings. The lowest BCUT2D eigenvalue weighted by Crippen LogP contribution is -3.15. The van der Waals surface area contributed by atoms with Gasteiger partial charge < -0.3 is 19.6 Å². The Balaban J connectivity index is 1.56. The molecule has 1 heterocycles. The van der Waals surface area contributed by atoms with E-state index in [0.717, 1.165) is 49.7 Å². The molecule has 0 amide bonds. The Labute approximate surface area is 137 Å². The van der Waals surface area contributed by atoms with Gasteiger partial charge in [0.25, 0.3) is 0 Å². The molecule has 0 aliphatic carbocycles. The number of aliphatic hydroxyl groups excluding tert-OH is 1. The third-order valence-electron chi connectivity index (χ3n) is 4.56. The van der Waals surface area contributed by atoms with Gasteiger partial charge >= 0.3 is 0 Å². The number of ether oxygens (including phenoxy) is 1. The van der Waals surface area contributed by atoms with E-state index in [1.807, 2.05) is 42.5 Å². The number of hydrogen-bond acceptors (Lipinski definition) is 3. The quantitative estimate of drug-likeness (QED) is 0.869. The molecule has 4 nitrogen and oxygen atoms in total. The first-order chi connectivity index (χ1) is 11.3. The van der Waals surface area contributed by atoms with Gasteiger partial charge in [-0.15, -0.1) is 0 Å². The number of benzene rings is 2. The lowest BCUT2D eigenvalue weighted by Gasteiger charge is -2.35. The summed E-state index contributed by atoms with van der Waals surface area (Å²) >= 11 is 0. The van der Waals surface area contributed by atoms with Crippen LogP contribution in [0, 0.1) is 0 Å². The van der Waals surface area contributed by atoms with Crippen molar-refractivity contribution in [1.29, 1.82) is 0 Å². The SMILES string of the molecule is COc1ccccc1N1CC[NH+](C[C@H](O)c2ccccc2)CC1. The Hall–Kier alpha value is -2.04. The first-order valence-electron chi connectivity index (χ1n) is 8.22. The first kappa shape index (κ1) is 15.8.